The van der Waals surface area contributed by atoms with Gasteiger partial charge in [-0.2, -0.15) is 0 Å². The summed E-state index contributed by atoms with van der Waals surface area (Å²) in [5.41, 5.74) is 3.36. The molecular weight excluding hydrogens is 589 g/mol. The monoisotopic (exact) mass is 617 g/mol. The van der Waals surface area contributed by atoms with E-state index in [9.17, 15) is 39.3 Å². The van der Waals surface area contributed by atoms with Crippen molar-refractivity contribution in [1.29, 1.82) is 0 Å². The smallest absolute Gasteiger partial charge is 0.543 e. The summed E-state index contributed by atoms with van der Waals surface area (Å²) in [4.78, 5) is 62.0. The Kier molecular flexibility index (Phi) is 12.3. The first-order chi connectivity index (χ1) is 19.4. The van der Waals surface area contributed by atoms with E-state index in [1.165, 1.54) is 38.5 Å². The van der Waals surface area contributed by atoms with E-state index in [4.69, 9.17) is 25.1 Å². The molecule has 2 amide bonds. The third kappa shape index (κ3) is 7.37. The summed E-state index contributed by atoms with van der Waals surface area (Å²) in [6.07, 6.45) is 1.23. The molecule has 6 N–H and O–H groups in total. The van der Waals surface area contributed by atoms with Crippen LogP contribution in [0.4, 0.5) is 0 Å². The van der Waals surface area contributed by atoms with E-state index in [2.05, 4.69) is 5.32 Å². The molecule has 1 aromatic rings. The number of hydrogen-bond acceptors (Lipinski definition) is 13. The van der Waals surface area contributed by atoms with E-state index in [0.717, 1.165) is 16.7 Å². The first-order valence-electron chi connectivity index (χ1n) is 12.0. The van der Waals surface area contributed by atoms with Crippen LogP contribution in [0.15, 0.2) is 35.2 Å². The summed E-state index contributed by atoms with van der Waals surface area (Å²) < 4.78 is 15.6. The minimum absolute atomic E-state index is 0. The summed E-state index contributed by atoms with van der Waals surface area (Å²) in [5, 5.41) is 41.4. The molecule has 3 atom stereocenters. The number of benzene rings is 1. The number of methoxy groups -OCH3 is 2. The number of esters is 1. The quantitative estimate of drug-likeness (QED) is 0.0267. The largest absolute Gasteiger partial charge is 1.00 e. The number of phenols is 2. The maximum Gasteiger partial charge on any atom is 1.00 e. The predicted octanol–water partition coefficient (Wildman–Crippen LogP) is -4.41. The molecule has 0 bridgehead atoms. The molecule has 0 saturated carbocycles. The summed E-state index contributed by atoms with van der Waals surface area (Å²) in [6.45, 7) is -0.538. The molecule has 1 aromatic carbocycles. The van der Waals surface area contributed by atoms with Crippen molar-refractivity contribution < 1.29 is 88.2 Å². The number of carbonyl (C=O) groups is 5. The van der Waals surface area contributed by atoms with Crippen LogP contribution in [0.25, 0.3) is 6.08 Å². The molecule has 42 heavy (non-hydrogen) atoms. The van der Waals surface area contributed by atoms with E-state index < -0.39 is 64.9 Å². The maximum absolute atomic E-state index is 13.1. The molecule has 3 rings (SSSR count). The van der Waals surface area contributed by atoms with Crippen molar-refractivity contribution in [2.75, 3.05) is 26.6 Å². The number of rotatable bonds is 13. The van der Waals surface area contributed by atoms with E-state index in [0.29, 0.717) is 5.56 Å². The standard InChI is InChI=1S/C25H29N3O12S.Na/c1-38-17(9-12-6-7-15(29)16(30)8-12)22(36)40-10-13-11-41-24-25(39-2,23(37)28(24)19(13)21(34)35)27-18(31)5-3-4-14(26)20(32)33;/h6-9,14,24,29-30H,3-5,10-11,26H2,1-2H3,(H,27,31)(H,32,33)(H,34,35);/q;+1/p-1/b17-9-;/t14?,24-,25+;/m1./s1. The van der Waals surface area contributed by atoms with Gasteiger partial charge in [0.2, 0.25) is 11.7 Å². The Bertz CT molecular complexity index is 1320. The minimum Gasteiger partial charge on any atom is -0.543 e. The predicted molar refractivity (Wildman–Crippen MR) is 138 cm³/mol. The molecule has 0 spiro atoms. The Hall–Kier alpha value is -3.28. The molecule has 1 fully saturated rings. The average Bonchev–Trinajstić information content (AvgIpc) is 2.94. The number of β-lactam (4-membered cyclic amide) rings is 1. The SMILES string of the molecule is CO/C(=C\c1ccc(O)c(O)c1)C(=O)OCC1=C(C(=O)[O-])N2C(=O)[C@](NC(=O)CCCC(N)C(=O)O)(OC)[C@H]2SC1.[Na+]. The first kappa shape index (κ1) is 34.9. The van der Waals surface area contributed by atoms with Gasteiger partial charge in [-0.1, -0.05) is 6.07 Å². The number of aliphatic carboxylic acids is 2. The average molecular weight is 618 g/mol. The third-order valence-corrected chi connectivity index (χ3v) is 7.66. The van der Waals surface area contributed by atoms with Gasteiger partial charge >= 0.3 is 41.5 Å². The van der Waals surface area contributed by atoms with Crippen LogP contribution in [0.5, 0.6) is 11.5 Å². The molecule has 17 heteroatoms. The first-order valence-corrected chi connectivity index (χ1v) is 13.1. The number of phenolic OH excluding ortho intramolecular Hbond substituents is 2. The van der Waals surface area contributed by atoms with Crippen molar-refractivity contribution in [3.05, 3.63) is 40.8 Å². The van der Waals surface area contributed by atoms with Crippen LogP contribution in [0.1, 0.15) is 24.8 Å². The van der Waals surface area contributed by atoms with Crippen molar-refractivity contribution in [3.63, 3.8) is 0 Å². The number of amides is 2. The number of thioether (sulfide) groups is 1. The number of aromatic hydroxyl groups is 2. The Balaban J connectivity index is 0.00000616. The van der Waals surface area contributed by atoms with Gasteiger partial charge < -0.3 is 50.5 Å². The Labute approximate surface area is 265 Å². The third-order valence-electron chi connectivity index (χ3n) is 6.28. The van der Waals surface area contributed by atoms with Crippen LogP contribution in [0, 0.1) is 0 Å². The number of hydrogen-bond donors (Lipinski definition) is 5. The molecule has 2 aliphatic rings. The maximum atomic E-state index is 13.1. The summed E-state index contributed by atoms with van der Waals surface area (Å²) >= 11 is 1.05. The molecule has 2 heterocycles. The van der Waals surface area contributed by atoms with Gasteiger partial charge in [0.25, 0.3) is 11.6 Å². The van der Waals surface area contributed by atoms with E-state index >= 15 is 0 Å². The molecule has 2 aliphatic heterocycles. The number of carboxylic acids is 2. The van der Waals surface area contributed by atoms with Gasteiger partial charge in [0, 0.05) is 24.9 Å². The molecular formula is C25H28N3NaO12S. The Morgan fingerprint density at radius 1 is 1.26 bits per heavy atom. The zero-order chi connectivity index (χ0) is 30.5. The van der Waals surface area contributed by atoms with Gasteiger partial charge in [0.1, 0.15) is 18.0 Å². The minimum atomic E-state index is -1.87. The fourth-order valence-electron chi connectivity index (χ4n) is 4.12. The Morgan fingerprint density at radius 3 is 2.52 bits per heavy atom. The van der Waals surface area contributed by atoms with Gasteiger partial charge in [0.05, 0.1) is 18.8 Å². The number of ether oxygens (including phenoxy) is 3. The molecule has 0 aliphatic carbocycles. The van der Waals surface area contributed by atoms with Crippen LogP contribution in [0.3, 0.4) is 0 Å². The number of nitrogens with zero attached hydrogens (tertiary/aromatic N) is 1. The van der Waals surface area contributed by atoms with Crippen LogP contribution in [-0.2, 0) is 38.2 Å². The van der Waals surface area contributed by atoms with Crippen molar-refractivity contribution in [3.8, 4) is 11.5 Å². The molecule has 0 radical (unpaired) electrons. The number of carbonyl (C=O) groups excluding carboxylic acids is 4. The molecule has 0 aromatic heterocycles. The van der Waals surface area contributed by atoms with Crippen molar-refractivity contribution in [2.45, 2.75) is 36.4 Å². The van der Waals surface area contributed by atoms with Gasteiger partial charge in [-0.25, -0.2) is 4.79 Å². The zero-order valence-electron chi connectivity index (χ0n) is 22.9. The Morgan fingerprint density at radius 2 is 1.95 bits per heavy atom. The summed E-state index contributed by atoms with van der Waals surface area (Å²) in [6, 6.07) is 2.64. The van der Waals surface area contributed by atoms with E-state index in [1.807, 2.05) is 0 Å². The fourth-order valence-corrected chi connectivity index (χ4v) is 5.54. The van der Waals surface area contributed by atoms with Crippen molar-refractivity contribution >= 4 is 47.6 Å². The fraction of sp³-hybridized carbons (Fsp3) is 0.400. The van der Waals surface area contributed by atoms with E-state index in [1.54, 1.807) is 0 Å². The molecule has 1 saturated heterocycles. The zero-order valence-corrected chi connectivity index (χ0v) is 25.8. The van der Waals surface area contributed by atoms with Crippen LogP contribution in [-0.4, -0.2) is 93.7 Å². The van der Waals surface area contributed by atoms with E-state index in [-0.39, 0.29) is 71.7 Å². The van der Waals surface area contributed by atoms with Crippen LogP contribution in [0.2, 0.25) is 0 Å². The second kappa shape index (κ2) is 14.8. The van der Waals surface area contributed by atoms with Gasteiger partial charge in [-0.05, 0) is 36.6 Å². The number of nitrogens with two attached hydrogens (primary N) is 1. The number of carboxylic acid groups (broad SMARTS) is 2. The van der Waals surface area contributed by atoms with Crippen LogP contribution < -0.4 is 45.7 Å². The topological polar surface area (TPSA) is 238 Å². The van der Waals surface area contributed by atoms with Crippen molar-refractivity contribution in [2.24, 2.45) is 5.73 Å². The summed E-state index contributed by atoms with van der Waals surface area (Å²) in [7, 11) is 2.36. The molecule has 15 nitrogen and oxygen atoms in total. The van der Waals surface area contributed by atoms with Gasteiger partial charge in [0.15, 0.2) is 11.5 Å². The molecule has 1 unspecified atom stereocenters. The number of nitrogens with one attached hydrogen (secondary N) is 1. The normalized spacial score (nSPS) is 20.5. The second-order valence-electron chi connectivity index (χ2n) is 8.94. The van der Waals surface area contributed by atoms with Gasteiger partial charge in [-0.3, -0.25) is 19.3 Å². The summed E-state index contributed by atoms with van der Waals surface area (Å²) in [5.74, 6) is -6.53. The van der Waals surface area contributed by atoms with Gasteiger partial charge in [-0.15, -0.1) is 11.8 Å². The second-order valence-corrected chi connectivity index (χ2v) is 10.0. The van der Waals surface area contributed by atoms with Crippen molar-refractivity contribution in [1.82, 2.24) is 10.2 Å². The number of fused-ring (bicyclic) bond motifs is 1. The van der Waals surface area contributed by atoms with Crippen LogP contribution >= 0.6 is 11.8 Å². The molecule has 222 valence electrons.